The maximum atomic E-state index is 11.9. The van der Waals surface area contributed by atoms with Crippen LogP contribution < -0.4 is 10.6 Å². The molecule has 2 aromatic rings. The molecule has 6 heteroatoms. The lowest BCUT2D eigenvalue weighted by molar-refractivity contribution is -0.121. The van der Waals surface area contributed by atoms with Gasteiger partial charge in [-0.2, -0.15) is 0 Å². The quantitative estimate of drug-likeness (QED) is 0.885. The first kappa shape index (κ1) is 15.1. The van der Waals surface area contributed by atoms with Gasteiger partial charge in [0, 0.05) is 22.7 Å². The van der Waals surface area contributed by atoms with Gasteiger partial charge in [-0.1, -0.05) is 12.1 Å². The topological polar surface area (TPSA) is 58.2 Å². The number of hydrogen-bond acceptors (Lipinski definition) is 4. The molecule has 1 aliphatic rings. The summed E-state index contributed by atoms with van der Waals surface area (Å²) >= 11 is 3.21. The van der Waals surface area contributed by atoms with E-state index in [0.29, 0.717) is 18.7 Å². The molecule has 0 spiro atoms. The number of carbonyl (C=O) groups excluding carboxylic acids is 2. The van der Waals surface area contributed by atoms with Crippen molar-refractivity contribution in [3.05, 3.63) is 46.2 Å². The van der Waals surface area contributed by atoms with Crippen LogP contribution in [0.2, 0.25) is 0 Å². The first-order chi connectivity index (χ1) is 10.7. The van der Waals surface area contributed by atoms with Gasteiger partial charge in [-0.25, -0.2) is 0 Å². The van der Waals surface area contributed by atoms with E-state index in [9.17, 15) is 9.59 Å². The van der Waals surface area contributed by atoms with E-state index < -0.39 is 0 Å². The molecule has 1 aromatic heterocycles. The summed E-state index contributed by atoms with van der Waals surface area (Å²) in [5.41, 5.74) is 1.83. The lowest BCUT2D eigenvalue weighted by atomic mass is 10.2. The van der Waals surface area contributed by atoms with E-state index in [1.54, 1.807) is 11.3 Å². The number of anilines is 1. The van der Waals surface area contributed by atoms with Crippen LogP contribution in [0.3, 0.4) is 0 Å². The zero-order chi connectivity index (χ0) is 15.4. The van der Waals surface area contributed by atoms with Crippen molar-refractivity contribution < 1.29 is 9.59 Å². The van der Waals surface area contributed by atoms with Gasteiger partial charge in [-0.05, 0) is 35.6 Å². The fourth-order valence-corrected chi connectivity index (χ4v) is 3.72. The van der Waals surface area contributed by atoms with Gasteiger partial charge in [-0.15, -0.1) is 23.1 Å². The largest absolute Gasteiger partial charge is 0.352 e. The van der Waals surface area contributed by atoms with Gasteiger partial charge >= 0.3 is 0 Å². The van der Waals surface area contributed by atoms with Crippen molar-refractivity contribution in [1.29, 1.82) is 0 Å². The molecule has 22 heavy (non-hydrogen) atoms. The smallest absolute Gasteiger partial charge is 0.234 e. The molecule has 0 atom stereocenters. The van der Waals surface area contributed by atoms with Crippen LogP contribution in [-0.2, 0) is 22.6 Å². The van der Waals surface area contributed by atoms with Crippen LogP contribution in [0.1, 0.15) is 16.9 Å². The molecule has 1 aromatic carbocycles. The Morgan fingerprint density at radius 2 is 2.23 bits per heavy atom. The number of thiophene rings is 1. The number of rotatable bonds is 5. The van der Waals surface area contributed by atoms with E-state index in [4.69, 9.17) is 0 Å². The Kier molecular flexibility index (Phi) is 4.80. The fourth-order valence-electron chi connectivity index (χ4n) is 2.22. The second-order valence-electron chi connectivity index (χ2n) is 5.02. The zero-order valence-corrected chi connectivity index (χ0v) is 13.6. The summed E-state index contributed by atoms with van der Waals surface area (Å²) < 4.78 is 0. The molecule has 1 aliphatic heterocycles. The predicted molar refractivity (Wildman–Crippen MR) is 90.3 cm³/mol. The molecule has 0 radical (unpaired) electrons. The summed E-state index contributed by atoms with van der Waals surface area (Å²) in [4.78, 5) is 25.6. The normalized spacial score (nSPS) is 13.4. The van der Waals surface area contributed by atoms with E-state index in [1.165, 1.54) is 16.6 Å². The second-order valence-corrected chi connectivity index (χ2v) is 7.07. The molecule has 2 N–H and O–H groups in total. The summed E-state index contributed by atoms with van der Waals surface area (Å²) in [6, 6.07) is 9.95. The molecule has 2 amide bonds. The van der Waals surface area contributed by atoms with Gasteiger partial charge in [0.2, 0.25) is 11.8 Å². The van der Waals surface area contributed by atoms with Gasteiger partial charge in [0.1, 0.15) is 0 Å². The number of nitrogens with one attached hydrogen (secondary N) is 2. The first-order valence-electron chi connectivity index (χ1n) is 7.05. The van der Waals surface area contributed by atoms with Crippen molar-refractivity contribution in [2.75, 3.05) is 11.1 Å². The lowest BCUT2D eigenvalue weighted by Crippen LogP contribution is -2.23. The average Bonchev–Trinajstić information content (AvgIpc) is 3.04. The highest BCUT2D eigenvalue weighted by molar-refractivity contribution is 8.00. The number of hydrogen-bond donors (Lipinski definition) is 2. The summed E-state index contributed by atoms with van der Waals surface area (Å²) in [7, 11) is 0. The minimum atomic E-state index is 0.0228. The molecule has 0 aliphatic carbocycles. The number of benzene rings is 1. The van der Waals surface area contributed by atoms with E-state index in [1.807, 2.05) is 35.7 Å². The highest BCUT2D eigenvalue weighted by Gasteiger charge is 2.15. The maximum absolute atomic E-state index is 11.9. The van der Waals surface area contributed by atoms with Gasteiger partial charge < -0.3 is 10.6 Å². The van der Waals surface area contributed by atoms with E-state index in [0.717, 1.165) is 22.6 Å². The Morgan fingerprint density at radius 1 is 1.32 bits per heavy atom. The van der Waals surface area contributed by atoms with Crippen LogP contribution >= 0.6 is 23.1 Å². The van der Waals surface area contributed by atoms with Crippen molar-refractivity contribution in [2.45, 2.75) is 24.3 Å². The molecule has 114 valence electrons. The molecule has 0 saturated carbocycles. The predicted octanol–water partition coefficient (Wildman–Crippen LogP) is 3.04. The van der Waals surface area contributed by atoms with Crippen molar-refractivity contribution in [1.82, 2.24) is 5.32 Å². The number of fused-ring (bicyclic) bond motifs is 1. The Morgan fingerprint density at radius 3 is 3.05 bits per heavy atom. The molecule has 2 heterocycles. The number of aryl methyl sites for hydroxylation is 1. The summed E-state index contributed by atoms with van der Waals surface area (Å²) in [6.07, 6.45) is 1.28. The third kappa shape index (κ3) is 3.90. The molecular formula is C16H16N2O2S2. The lowest BCUT2D eigenvalue weighted by Gasteiger charge is -2.17. The molecule has 0 fully saturated rings. The highest BCUT2D eigenvalue weighted by atomic mass is 32.2. The molecule has 0 saturated heterocycles. The van der Waals surface area contributed by atoms with Crippen LogP contribution in [0.5, 0.6) is 0 Å². The van der Waals surface area contributed by atoms with E-state index >= 15 is 0 Å². The maximum Gasteiger partial charge on any atom is 0.234 e. The van der Waals surface area contributed by atoms with Crippen LogP contribution in [0.4, 0.5) is 5.69 Å². The molecular weight excluding hydrogens is 316 g/mol. The Balaban J connectivity index is 1.52. The second kappa shape index (κ2) is 6.98. The SMILES string of the molecule is O=C(CCc1cccs1)NCc1ccc2c(c1)NC(=O)CS2. The van der Waals surface area contributed by atoms with Crippen LogP contribution in [0, 0.1) is 0 Å². The first-order valence-corrected chi connectivity index (χ1v) is 8.92. The molecule has 3 rings (SSSR count). The third-order valence-electron chi connectivity index (χ3n) is 3.35. The van der Waals surface area contributed by atoms with Gasteiger partial charge in [0.25, 0.3) is 0 Å². The third-order valence-corrected chi connectivity index (χ3v) is 5.35. The fraction of sp³-hybridized carbons (Fsp3) is 0.250. The van der Waals surface area contributed by atoms with Crippen molar-refractivity contribution in [3.8, 4) is 0 Å². The van der Waals surface area contributed by atoms with Gasteiger partial charge in [-0.3, -0.25) is 9.59 Å². The minimum absolute atomic E-state index is 0.0228. The van der Waals surface area contributed by atoms with Crippen molar-refractivity contribution >= 4 is 40.6 Å². The van der Waals surface area contributed by atoms with Crippen molar-refractivity contribution in [3.63, 3.8) is 0 Å². The molecule has 0 bridgehead atoms. The summed E-state index contributed by atoms with van der Waals surface area (Å²) in [5.74, 6) is 0.533. The van der Waals surface area contributed by atoms with Crippen LogP contribution in [0.25, 0.3) is 0 Å². The molecule has 0 unspecified atom stereocenters. The Hall–Kier alpha value is -1.79. The van der Waals surface area contributed by atoms with Crippen molar-refractivity contribution in [2.24, 2.45) is 0 Å². The average molecular weight is 332 g/mol. The number of amides is 2. The summed E-state index contributed by atoms with van der Waals surface area (Å²) in [6.45, 7) is 0.483. The number of carbonyl (C=O) groups is 2. The monoisotopic (exact) mass is 332 g/mol. The van der Waals surface area contributed by atoms with E-state index in [-0.39, 0.29) is 11.8 Å². The van der Waals surface area contributed by atoms with Gasteiger partial charge in [0.15, 0.2) is 0 Å². The Bertz CT molecular complexity index is 683. The zero-order valence-electron chi connectivity index (χ0n) is 11.9. The van der Waals surface area contributed by atoms with E-state index in [2.05, 4.69) is 10.6 Å². The summed E-state index contributed by atoms with van der Waals surface area (Å²) in [5, 5.41) is 7.81. The van der Waals surface area contributed by atoms with Crippen LogP contribution in [-0.4, -0.2) is 17.6 Å². The van der Waals surface area contributed by atoms with Gasteiger partial charge in [0.05, 0.1) is 11.4 Å². The highest BCUT2D eigenvalue weighted by Crippen LogP contribution is 2.31. The molecule has 4 nitrogen and oxygen atoms in total. The number of thioether (sulfide) groups is 1. The minimum Gasteiger partial charge on any atom is -0.352 e. The Labute approximate surface area is 137 Å². The van der Waals surface area contributed by atoms with Crippen LogP contribution in [0.15, 0.2) is 40.6 Å². The standard InChI is InChI=1S/C16H16N2O2S2/c19-15(6-4-12-2-1-7-21-12)17-9-11-3-5-14-13(8-11)18-16(20)10-22-14/h1-3,5,7-8H,4,6,9-10H2,(H,17,19)(H,18,20).